The van der Waals surface area contributed by atoms with E-state index in [0.717, 1.165) is 16.8 Å². The maximum Gasteiger partial charge on any atom is 0.337 e. The molecule has 0 bridgehead atoms. The van der Waals surface area contributed by atoms with Crippen LogP contribution in [0.4, 0.5) is 0 Å². The number of carbonyl (C=O) groups is 1. The van der Waals surface area contributed by atoms with E-state index in [-0.39, 0.29) is 5.56 Å². The van der Waals surface area contributed by atoms with Crippen LogP contribution in [0.2, 0.25) is 5.02 Å². The van der Waals surface area contributed by atoms with Gasteiger partial charge in [-0.15, -0.1) is 0 Å². The molecule has 4 nitrogen and oxygen atoms in total. The van der Waals surface area contributed by atoms with Gasteiger partial charge in [-0.2, -0.15) is 0 Å². The summed E-state index contributed by atoms with van der Waals surface area (Å²) in [4.78, 5) is 15.4. The Labute approximate surface area is 120 Å². The maximum atomic E-state index is 11.2. The van der Waals surface area contributed by atoms with E-state index in [1.54, 1.807) is 23.0 Å². The van der Waals surface area contributed by atoms with Gasteiger partial charge in [0.25, 0.3) is 0 Å². The van der Waals surface area contributed by atoms with Crippen LogP contribution in [0.3, 0.4) is 0 Å². The highest BCUT2D eigenvalue weighted by atomic mass is 35.5. The second-order valence-electron chi connectivity index (χ2n) is 4.55. The lowest BCUT2D eigenvalue weighted by Crippen LogP contribution is -1.98. The third-order valence-corrected chi connectivity index (χ3v) is 3.47. The number of hydrogen-bond acceptors (Lipinski definition) is 2. The molecular weight excluding hydrogens is 276 g/mol. The van der Waals surface area contributed by atoms with Crippen molar-refractivity contribution in [3.63, 3.8) is 0 Å². The number of rotatable bonds is 2. The number of hydrogen-bond donors (Lipinski definition) is 1. The first-order valence-corrected chi connectivity index (χ1v) is 6.41. The lowest BCUT2D eigenvalue weighted by atomic mass is 10.2. The highest BCUT2D eigenvalue weighted by Gasteiger charge is 2.14. The minimum Gasteiger partial charge on any atom is -0.478 e. The van der Waals surface area contributed by atoms with Gasteiger partial charge < -0.3 is 5.11 Å². The average Bonchev–Trinajstić information content (AvgIpc) is 2.82. The number of aryl methyl sites for hydroxylation is 1. The molecule has 3 rings (SSSR count). The third-order valence-electron chi connectivity index (χ3n) is 3.17. The molecule has 1 heterocycles. The van der Waals surface area contributed by atoms with Gasteiger partial charge in [-0.25, -0.2) is 9.78 Å². The fraction of sp³-hybridized carbons (Fsp3) is 0.0667. The highest BCUT2D eigenvalue weighted by molar-refractivity contribution is 6.32. The molecule has 0 amide bonds. The summed E-state index contributed by atoms with van der Waals surface area (Å²) >= 11 is 6.26. The Morgan fingerprint density at radius 1 is 1.30 bits per heavy atom. The summed E-state index contributed by atoms with van der Waals surface area (Å²) in [6.45, 7) is 1.96. The molecule has 100 valence electrons. The Morgan fingerprint density at radius 3 is 2.80 bits per heavy atom. The van der Waals surface area contributed by atoms with Gasteiger partial charge in [-0.3, -0.25) is 4.57 Å². The molecule has 0 saturated heterocycles. The molecule has 0 unspecified atom stereocenters. The molecular formula is C15H11ClN2O2. The fourth-order valence-corrected chi connectivity index (χ4v) is 2.54. The largest absolute Gasteiger partial charge is 0.478 e. The second kappa shape index (κ2) is 4.65. The van der Waals surface area contributed by atoms with Crippen LogP contribution in [0.25, 0.3) is 16.7 Å². The van der Waals surface area contributed by atoms with Crippen molar-refractivity contribution in [2.24, 2.45) is 0 Å². The SMILES string of the molecule is Cc1ccc(-n2cnc3c(C(=O)O)cccc32)c(Cl)c1. The maximum absolute atomic E-state index is 11.2. The van der Waals surface area contributed by atoms with Crippen molar-refractivity contribution in [1.82, 2.24) is 9.55 Å². The normalized spacial score (nSPS) is 10.9. The minimum absolute atomic E-state index is 0.185. The smallest absolute Gasteiger partial charge is 0.337 e. The van der Waals surface area contributed by atoms with E-state index in [1.807, 2.05) is 31.2 Å². The first-order valence-electron chi connectivity index (χ1n) is 6.04. The second-order valence-corrected chi connectivity index (χ2v) is 4.96. The van der Waals surface area contributed by atoms with Crippen molar-refractivity contribution in [1.29, 1.82) is 0 Å². The number of aromatic carboxylic acids is 1. The molecule has 20 heavy (non-hydrogen) atoms. The van der Waals surface area contributed by atoms with Crippen LogP contribution in [-0.4, -0.2) is 20.6 Å². The zero-order valence-corrected chi connectivity index (χ0v) is 11.4. The highest BCUT2D eigenvalue weighted by Crippen LogP contribution is 2.26. The van der Waals surface area contributed by atoms with Gasteiger partial charge in [0.15, 0.2) is 0 Å². The molecule has 0 fully saturated rings. The Morgan fingerprint density at radius 2 is 2.10 bits per heavy atom. The number of carboxylic acids is 1. The molecule has 3 aromatic rings. The molecule has 0 aliphatic heterocycles. The lowest BCUT2D eigenvalue weighted by Gasteiger charge is -2.07. The Bertz CT molecular complexity index is 824. The molecule has 0 saturated carbocycles. The number of nitrogens with zero attached hydrogens (tertiary/aromatic N) is 2. The third kappa shape index (κ3) is 1.94. The number of halogens is 1. The summed E-state index contributed by atoms with van der Waals surface area (Å²) in [6, 6.07) is 10.8. The van der Waals surface area contributed by atoms with E-state index >= 15 is 0 Å². The van der Waals surface area contributed by atoms with Crippen molar-refractivity contribution in [3.05, 3.63) is 58.9 Å². The van der Waals surface area contributed by atoms with Crippen molar-refractivity contribution in [3.8, 4) is 5.69 Å². The van der Waals surface area contributed by atoms with Crippen LogP contribution >= 0.6 is 11.6 Å². The van der Waals surface area contributed by atoms with E-state index < -0.39 is 5.97 Å². The number of benzene rings is 2. The van der Waals surface area contributed by atoms with E-state index in [0.29, 0.717) is 10.5 Å². The fourth-order valence-electron chi connectivity index (χ4n) is 2.21. The van der Waals surface area contributed by atoms with Gasteiger partial charge in [-0.05, 0) is 36.8 Å². The van der Waals surface area contributed by atoms with Gasteiger partial charge in [0.1, 0.15) is 11.8 Å². The molecule has 0 aliphatic rings. The summed E-state index contributed by atoms with van der Waals surface area (Å²) in [6.07, 6.45) is 1.59. The summed E-state index contributed by atoms with van der Waals surface area (Å²) in [5, 5.41) is 9.78. The van der Waals surface area contributed by atoms with Crippen molar-refractivity contribution < 1.29 is 9.90 Å². The van der Waals surface area contributed by atoms with E-state index in [1.165, 1.54) is 0 Å². The van der Waals surface area contributed by atoms with Crippen LogP contribution in [-0.2, 0) is 0 Å². The van der Waals surface area contributed by atoms with Crippen molar-refractivity contribution in [2.45, 2.75) is 6.92 Å². The van der Waals surface area contributed by atoms with Gasteiger partial charge in [0.2, 0.25) is 0 Å². The molecule has 1 aromatic heterocycles. The topological polar surface area (TPSA) is 55.1 Å². The summed E-state index contributed by atoms with van der Waals surface area (Å²) < 4.78 is 1.80. The summed E-state index contributed by atoms with van der Waals surface area (Å²) in [7, 11) is 0. The summed E-state index contributed by atoms with van der Waals surface area (Å²) in [5.74, 6) is -0.990. The van der Waals surface area contributed by atoms with Crippen molar-refractivity contribution >= 4 is 28.6 Å². The summed E-state index contributed by atoms with van der Waals surface area (Å²) in [5.41, 5.74) is 3.20. The Kier molecular flexibility index (Phi) is 2.95. The monoisotopic (exact) mass is 286 g/mol. The molecule has 0 spiro atoms. The quantitative estimate of drug-likeness (QED) is 0.782. The minimum atomic E-state index is -0.990. The predicted octanol–water partition coefficient (Wildman–Crippen LogP) is 3.69. The number of imidazole rings is 1. The Balaban J connectivity index is 2.28. The number of aromatic nitrogens is 2. The van der Waals surface area contributed by atoms with Crippen LogP contribution < -0.4 is 0 Å². The van der Waals surface area contributed by atoms with Crippen LogP contribution in [0.15, 0.2) is 42.7 Å². The molecule has 0 radical (unpaired) electrons. The average molecular weight is 287 g/mol. The lowest BCUT2D eigenvalue weighted by molar-refractivity contribution is 0.0699. The van der Waals surface area contributed by atoms with Crippen LogP contribution in [0.1, 0.15) is 15.9 Å². The van der Waals surface area contributed by atoms with Crippen molar-refractivity contribution in [2.75, 3.05) is 0 Å². The molecule has 5 heteroatoms. The van der Waals surface area contributed by atoms with Crippen LogP contribution in [0, 0.1) is 6.92 Å². The van der Waals surface area contributed by atoms with Gasteiger partial charge in [0.05, 0.1) is 21.8 Å². The molecule has 2 aromatic carbocycles. The molecule has 0 atom stereocenters. The van der Waals surface area contributed by atoms with E-state index in [4.69, 9.17) is 11.6 Å². The Hall–Kier alpha value is -2.33. The van der Waals surface area contributed by atoms with Gasteiger partial charge in [-0.1, -0.05) is 23.7 Å². The number of carboxylic acid groups (broad SMARTS) is 1. The molecule has 0 aliphatic carbocycles. The number of fused-ring (bicyclic) bond motifs is 1. The van der Waals surface area contributed by atoms with Crippen LogP contribution in [0.5, 0.6) is 0 Å². The van der Waals surface area contributed by atoms with E-state index in [9.17, 15) is 9.90 Å². The first-order chi connectivity index (χ1) is 9.58. The first kappa shape index (κ1) is 12.7. The zero-order valence-electron chi connectivity index (χ0n) is 10.7. The molecule has 1 N–H and O–H groups in total. The van der Waals surface area contributed by atoms with E-state index in [2.05, 4.69) is 4.98 Å². The van der Waals surface area contributed by atoms with Gasteiger partial charge >= 0.3 is 5.97 Å². The predicted molar refractivity (Wildman–Crippen MR) is 77.8 cm³/mol. The standard InChI is InChI=1S/C15H11ClN2O2/c1-9-5-6-12(11(16)7-9)18-8-17-14-10(15(19)20)3-2-4-13(14)18/h2-8H,1H3,(H,19,20). The van der Waals surface area contributed by atoms with Gasteiger partial charge in [0, 0.05) is 0 Å². The number of para-hydroxylation sites is 1. The zero-order chi connectivity index (χ0) is 14.3.